The summed E-state index contributed by atoms with van der Waals surface area (Å²) in [5, 5.41) is 36.6. The number of ether oxygens (including phenoxy) is 1. The molecule has 0 bridgehead atoms. The van der Waals surface area contributed by atoms with E-state index < -0.39 is 12.2 Å². The van der Waals surface area contributed by atoms with Crippen LogP contribution >= 0.6 is 0 Å². The molecule has 1 heterocycles. The number of aliphatic hydroxyl groups is 1. The van der Waals surface area contributed by atoms with Crippen molar-refractivity contribution >= 4 is 22.7 Å². The van der Waals surface area contributed by atoms with Crippen molar-refractivity contribution in [3.05, 3.63) is 124 Å². The van der Waals surface area contributed by atoms with Crippen molar-refractivity contribution < 1.29 is 24.9 Å². The molecule has 1 aromatic heterocycles. The van der Waals surface area contributed by atoms with Gasteiger partial charge in [0, 0.05) is 30.1 Å². The molecule has 1 atom stereocenters. The number of anilines is 1. The summed E-state index contributed by atoms with van der Waals surface area (Å²) in [6, 6.07) is 29.5. The summed E-state index contributed by atoms with van der Waals surface area (Å²) in [6.07, 6.45) is 0.587. The van der Waals surface area contributed by atoms with Crippen molar-refractivity contribution in [1.82, 2.24) is 10.3 Å². The minimum absolute atomic E-state index is 0.0434. The van der Waals surface area contributed by atoms with Crippen LogP contribution in [0.4, 0.5) is 10.5 Å². The van der Waals surface area contributed by atoms with Crippen LogP contribution in [0.2, 0.25) is 0 Å². The third-order valence-corrected chi connectivity index (χ3v) is 7.37. The van der Waals surface area contributed by atoms with E-state index in [9.17, 15) is 24.9 Å². The molecule has 0 saturated carbocycles. The highest BCUT2D eigenvalue weighted by molar-refractivity contribution is 5.91. The van der Waals surface area contributed by atoms with Crippen molar-refractivity contribution in [2.24, 2.45) is 0 Å². The first-order valence-electron chi connectivity index (χ1n) is 14.5. The summed E-state index contributed by atoms with van der Waals surface area (Å²) in [7, 11) is 0. The van der Waals surface area contributed by atoms with Crippen LogP contribution in [0.25, 0.3) is 22.0 Å². The van der Waals surface area contributed by atoms with Gasteiger partial charge in [-0.15, -0.1) is 0 Å². The molecule has 226 valence electrons. The number of amides is 1. The molecule has 6 N–H and O–H groups in total. The molecule has 0 unspecified atom stereocenters. The number of phenols is 1. The maximum Gasteiger partial charge on any atom is 0.409 e. The molecule has 0 aliphatic rings. The molecule has 44 heavy (non-hydrogen) atoms. The van der Waals surface area contributed by atoms with Crippen LogP contribution in [-0.4, -0.2) is 39.5 Å². The second-order valence-corrected chi connectivity index (χ2v) is 10.6. The average molecular weight is 594 g/mol. The number of pyridine rings is 1. The van der Waals surface area contributed by atoms with E-state index >= 15 is 0 Å². The number of unbranched alkanes of at least 4 members (excludes halogenated alkanes) is 1. The number of hydrogen-bond acceptors (Lipinski definition) is 6. The number of phenolic OH excluding ortho intramolecular Hbond substituents is 1. The minimum Gasteiger partial charge on any atom is -0.506 e. The Morgan fingerprint density at radius 2 is 1.73 bits per heavy atom. The molecule has 9 heteroatoms. The summed E-state index contributed by atoms with van der Waals surface area (Å²) in [5.74, 6) is 0.719. The monoisotopic (exact) mass is 593 g/mol. The first-order valence-corrected chi connectivity index (χ1v) is 14.5. The molecule has 0 radical (unpaired) electrons. The lowest BCUT2D eigenvalue weighted by molar-refractivity contribution is 0.176. The quantitative estimate of drug-likeness (QED) is 0.0890. The van der Waals surface area contributed by atoms with Gasteiger partial charge in [-0.2, -0.15) is 0 Å². The first-order chi connectivity index (χ1) is 21.4. The van der Waals surface area contributed by atoms with E-state index in [2.05, 4.69) is 15.6 Å². The zero-order valence-electron chi connectivity index (χ0n) is 24.1. The van der Waals surface area contributed by atoms with Crippen LogP contribution in [-0.2, 0) is 13.0 Å². The maximum atomic E-state index is 11.7. The highest BCUT2D eigenvalue weighted by atomic mass is 16.5. The molecule has 0 fully saturated rings. The summed E-state index contributed by atoms with van der Waals surface area (Å²) in [6.45, 7) is 1.35. The molecular formula is C35H35N3O6. The lowest BCUT2D eigenvalue weighted by Gasteiger charge is -2.15. The lowest BCUT2D eigenvalue weighted by atomic mass is 9.99. The summed E-state index contributed by atoms with van der Waals surface area (Å²) in [4.78, 5) is 25.6. The second-order valence-electron chi connectivity index (χ2n) is 10.6. The van der Waals surface area contributed by atoms with Crippen molar-refractivity contribution in [3.8, 4) is 22.6 Å². The molecule has 0 spiro atoms. The molecule has 0 saturated heterocycles. The van der Waals surface area contributed by atoms with Gasteiger partial charge in [0.2, 0.25) is 5.56 Å². The fraction of sp³-hybridized carbons (Fsp3) is 0.200. The minimum atomic E-state index is -1.09. The van der Waals surface area contributed by atoms with Gasteiger partial charge in [-0.25, -0.2) is 4.79 Å². The number of rotatable bonds is 13. The molecule has 1 amide bonds. The summed E-state index contributed by atoms with van der Waals surface area (Å²) < 4.78 is 5.98. The standard InChI is InChI=1S/C35H35N3O6/c39-31-16-14-28(29-15-17-33(41)38-34(29)31)32(40)22-36-21-24-8-6-11-26(19-24)44-18-5-4-7-23-12-13-27(25-9-2-1-3-10-25)30(20-23)37-35(42)43/h1-3,6,8-17,19-20,32,36-37,39-40H,4-5,7,18,21-22H2,(H,38,41)(H,42,43)/t32-/m0/s1. The van der Waals surface area contributed by atoms with Gasteiger partial charge in [0.15, 0.2) is 0 Å². The molecule has 0 aliphatic carbocycles. The Labute approximate surface area is 254 Å². The first kappa shape index (κ1) is 30.3. The van der Waals surface area contributed by atoms with Gasteiger partial charge in [-0.05, 0) is 71.8 Å². The van der Waals surface area contributed by atoms with Gasteiger partial charge < -0.3 is 30.4 Å². The fourth-order valence-electron chi connectivity index (χ4n) is 5.21. The highest BCUT2D eigenvalue weighted by Gasteiger charge is 2.14. The summed E-state index contributed by atoms with van der Waals surface area (Å²) >= 11 is 0. The predicted molar refractivity (Wildman–Crippen MR) is 171 cm³/mol. The largest absolute Gasteiger partial charge is 0.506 e. The number of H-pyrrole nitrogens is 1. The molecular weight excluding hydrogens is 558 g/mol. The SMILES string of the molecule is O=C(O)Nc1cc(CCCCOc2cccc(CNC[C@H](O)c3ccc(O)c4[nH]c(=O)ccc34)c2)ccc1-c1ccccc1. The van der Waals surface area contributed by atoms with Crippen LogP contribution in [0.15, 0.2) is 102 Å². The van der Waals surface area contributed by atoms with Gasteiger partial charge in [0.25, 0.3) is 0 Å². The Hall–Kier alpha value is -5.12. The van der Waals surface area contributed by atoms with E-state index in [1.165, 1.54) is 12.1 Å². The van der Waals surface area contributed by atoms with Crippen LogP contribution < -0.4 is 20.9 Å². The van der Waals surface area contributed by atoms with Crippen LogP contribution in [0.1, 0.15) is 35.6 Å². The third-order valence-electron chi connectivity index (χ3n) is 7.37. The van der Waals surface area contributed by atoms with Gasteiger partial charge in [0.05, 0.1) is 23.9 Å². The average Bonchev–Trinajstić information content (AvgIpc) is 3.02. The van der Waals surface area contributed by atoms with Gasteiger partial charge >= 0.3 is 6.09 Å². The molecule has 5 aromatic rings. The highest BCUT2D eigenvalue weighted by Crippen LogP contribution is 2.30. The van der Waals surface area contributed by atoms with Crippen molar-refractivity contribution in [1.29, 1.82) is 0 Å². The van der Waals surface area contributed by atoms with E-state index in [-0.39, 0.29) is 17.9 Å². The van der Waals surface area contributed by atoms with Crippen molar-refractivity contribution in [2.75, 3.05) is 18.5 Å². The number of aryl methyl sites for hydroxylation is 1. The van der Waals surface area contributed by atoms with E-state index in [0.717, 1.165) is 47.3 Å². The number of carboxylic acid groups (broad SMARTS) is 1. The Morgan fingerprint density at radius 1 is 0.886 bits per heavy atom. The van der Waals surface area contributed by atoms with E-state index in [4.69, 9.17) is 4.74 Å². The Balaban J connectivity index is 1.09. The number of aromatic hydroxyl groups is 1. The smallest absolute Gasteiger partial charge is 0.409 e. The molecule has 9 nitrogen and oxygen atoms in total. The number of benzene rings is 4. The predicted octanol–water partition coefficient (Wildman–Crippen LogP) is 6.22. The maximum absolute atomic E-state index is 11.7. The molecule has 0 aliphatic heterocycles. The number of aliphatic hydroxyl groups excluding tert-OH is 1. The van der Waals surface area contributed by atoms with E-state index in [0.29, 0.717) is 35.3 Å². The number of fused-ring (bicyclic) bond motifs is 1. The van der Waals surface area contributed by atoms with Crippen LogP contribution in [0.5, 0.6) is 11.5 Å². The Morgan fingerprint density at radius 3 is 2.55 bits per heavy atom. The Bertz CT molecular complexity index is 1790. The van der Waals surface area contributed by atoms with Gasteiger partial charge in [0.1, 0.15) is 11.5 Å². The van der Waals surface area contributed by atoms with E-state index in [1.807, 2.05) is 72.8 Å². The van der Waals surface area contributed by atoms with Gasteiger partial charge in [-0.1, -0.05) is 60.7 Å². The topological polar surface area (TPSA) is 144 Å². The number of nitrogens with one attached hydrogen (secondary N) is 3. The zero-order chi connectivity index (χ0) is 30.9. The zero-order valence-corrected chi connectivity index (χ0v) is 24.1. The fourth-order valence-corrected chi connectivity index (χ4v) is 5.21. The van der Waals surface area contributed by atoms with Gasteiger partial charge in [-0.3, -0.25) is 10.1 Å². The normalized spacial score (nSPS) is 11.8. The number of hydrogen-bond donors (Lipinski definition) is 6. The third kappa shape index (κ3) is 7.83. The van der Waals surface area contributed by atoms with Crippen LogP contribution in [0.3, 0.4) is 0 Å². The number of carbonyl (C=O) groups is 1. The molecule has 4 aromatic carbocycles. The number of aromatic amines is 1. The van der Waals surface area contributed by atoms with Crippen molar-refractivity contribution in [3.63, 3.8) is 0 Å². The van der Waals surface area contributed by atoms with Crippen LogP contribution in [0, 0.1) is 0 Å². The number of aromatic nitrogens is 1. The second kappa shape index (κ2) is 14.4. The molecule has 5 rings (SSSR count). The van der Waals surface area contributed by atoms with Crippen molar-refractivity contribution in [2.45, 2.75) is 31.9 Å². The van der Waals surface area contributed by atoms with E-state index in [1.54, 1.807) is 12.1 Å². The Kier molecular flexibility index (Phi) is 9.91. The lowest BCUT2D eigenvalue weighted by Crippen LogP contribution is -2.21. The summed E-state index contributed by atoms with van der Waals surface area (Å²) in [5.41, 5.74) is 5.02.